The molecule has 4 rings (SSSR count). The van der Waals surface area contributed by atoms with E-state index < -0.39 is 152 Å². The van der Waals surface area contributed by atoms with Crippen LogP contribution in [0.5, 0.6) is 0 Å². The average Bonchev–Trinajstić information content (AvgIpc) is 4.05. The number of benzene rings is 2. The van der Waals surface area contributed by atoms with Gasteiger partial charge >= 0.3 is 5.97 Å². The first-order valence-electron chi connectivity index (χ1n) is 25.1. The maximum Gasteiger partial charge on any atom is 0.328 e. The van der Waals surface area contributed by atoms with Crippen molar-refractivity contribution in [3.63, 3.8) is 0 Å². The first-order valence-corrected chi connectivity index (χ1v) is 25.7. The number of aromatic amines is 2. The van der Waals surface area contributed by atoms with Crippen LogP contribution < -0.4 is 65.1 Å². The fraction of sp³-hybridized carbons (Fsp3) is 0.449. The molecule has 2 aromatic heterocycles. The Morgan fingerprint density at radius 1 is 0.550 bits per heavy atom. The maximum atomic E-state index is 14.0. The van der Waals surface area contributed by atoms with E-state index in [4.69, 9.17) is 17.2 Å². The molecule has 0 bridgehead atoms. The van der Waals surface area contributed by atoms with Crippen molar-refractivity contribution in [1.82, 2.24) is 57.8 Å². The van der Waals surface area contributed by atoms with E-state index in [1.807, 2.05) is 29.6 Å². The van der Waals surface area contributed by atoms with Gasteiger partial charge in [-0.05, 0) is 48.9 Å². The van der Waals surface area contributed by atoms with Crippen LogP contribution in [0.2, 0.25) is 0 Å². The largest absolute Gasteiger partial charge is 0.480 e. The highest BCUT2D eigenvalue weighted by Gasteiger charge is 2.34. The fourth-order valence-corrected chi connectivity index (χ4v) is 8.15. The van der Waals surface area contributed by atoms with Gasteiger partial charge in [0.1, 0.15) is 48.3 Å². The number of rotatable bonds is 33. The molecular formula is C49H69N15O15S. The highest BCUT2D eigenvalue weighted by molar-refractivity contribution is 7.80. The normalized spacial score (nSPS) is 14.5. The molecule has 0 aliphatic rings. The molecular weight excluding hydrogens is 1070 g/mol. The third-order valence-electron chi connectivity index (χ3n) is 12.3. The average molecular weight is 1140 g/mol. The molecule has 2 heterocycles. The van der Waals surface area contributed by atoms with Crippen LogP contribution in [0.1, 0.15) is 37.3 Å². The molecule has 2 aromatic carbocycles. The highest BCUT2D eigenvalue weighted by Crippen LogP contribution is 2.20. The summed E-state index contributed by atoms with van der Waals surface area (Å²) in [5, 5.41) is 71.4. The molecule has 0 saturated heterocycles. The summed E-state index contributed by atoms with van der Waals surface area (Å²) >= 11 is 4.07. The van der Waals surface area contributed by atoms with Gasteiger partial charge in [0.2, 0.25) is 53.2 Å². The molecule has 0 unspecified atom stereocenters. The number of carboxylic acid groups (broad SMARTS) is 1. The maximum absolute atomic E-state index is 14.0. The second-order valence-electron chi connectivity index (χ2n) is 18.1. The molecule has 9 amide bonds. The Kier molecular flexibility index (Phi) is 25.6. The number of carbonyl (C=O) groups is 10. The number of H-pyrrole nitrogens is 2. The smallest absolute Gasteiger partial charge is 0.328 e. The summed E-state index contributed by atoms with van der Waals surface area (Å²) in [6, 6.07) is 0.513. The van der Waals surface area contributed by atoms with Gasteiger partial charge in [0.15, 0.2) is 5.96 Å². The molecule has 0 saturated carbocycles. The zero-order valence-electron chi connectivity index (χ0n) is 43.4. The van der Waals surface area contributed by atoms with Crippen molar-refractivity contribution in [2.75, 3.05) is 45.3 Å². The molecule has 31 heteroatoms. The molecule has 0 radical (unpaired) electrons. The first-order chi connectivity index (χ1) is 38.2. The summed E-state index contributed by atoms with van der Waals surface area (Å²) in [6.45, 7) is -3.32. The number of hydrogen-bond donors (Lipinski definition) is 20. The van der Waals surface area contributed by atoms with Crippen LogP contribution in [0.4, 0.5) is 0 Å². The van der Waals surface area contributed by atoms with Crippen molar-refractivity contribution in [3.05, 3.63) is 72.1 Å². The minimum absolute atomic E-state index is 0.0218. The van der Waals surface area contributed by atoms with Crippen molar-refractivity contribution < 1.29 is 73.5 Å². The first kappa shape index (κ1) is 64.2. The van der Waals surface area contributed by atoms with Gasteiger partial charge in [0.05, 0.1) is 39.0 Å². The number of nitrogens with two attached hydrogens (primary N) is 3. The van der Waals surface area contributed by atoms with E-state index >= 15 is 0 Å². The van der Waals surface area contributed by atoms with Gasteiger partial charge in [0.25, 0.3) is 0 Å². The van der Waals surface area contributed by atoms with Crippen LogP contribution in [0, 0.1) is 0 Å². The molecule has 4 aromatic rings. The van der Waals surface area contributed by atoms with Crippen molar-refractivity contribution >= 4 is 99.5 Å². The van der Waals surface area contributed by atoms with Gasteiger partial charge in [-0.15, -0.1) is 0 Å². The van der Waals surface area contributed by atoms with Crippen molar-refractivity contribution in [1.29, 1.82) is 0 Å². The van der Waals surface area contributed by atoms with Crippen molar-refractivity contribution in [2.24, 2.45) is 22.2 Å². The number of carbonyl (C=O) groups excluding carboxylic acids is 9. The summed E-state index contributed by atoms with van der Waals surface area (Å²) in [5.41, 5.74) is 19.7. The lowest BCUT2D eigenvalue weighted by Crippen LogP contribution is -2.62. The van der Waals surface area contributed by atoms with Crippen LogP contribution in [0.25, 0.3) is 21.8 Å². The van der Waals surface area contributed by atoms with Gasteiger partial charge < -0.3 is 101 Å². The molecule has 0 fully saturated rings. The van der Waals surface area contributed by atoms with Crippen LogP contribution in [-0.2, 0) is 60.8 Å². The van der Waals surface area contributed by atoms with Crippen LogP contribution in [0.3, 0.4) is 0 Å². The number of amides is 9. The Morgan fingerprint density at radius 3 is 1.45 bits per heavy atom. The molecule has 30 nitrogen and oxygen atoms in total. The van der Waals surface area contributed by atoms with E-state index in [2.05, 4.69) is 70.1 Å². The summed E-state index contributed by atoms with van der Waals surface area (Å²) in [7, 11) is 0. The number of nitrogens with zero attached hydrogens (tertiary/aromatic N) is 1. The number of aromatic nitrogens is 2. The number of aliphatic hydroxyl groups is 4. The van der Waals surface area contributed by atoms with E-state index in [1.165, 1.54) is 0 Å². The Labute approximate surface area is 462 Å². The molecule has 436 valence electrons. The minimum atomic E-state index is -1.86. The number of aliphatic hydroxyl groups excluding tert-OH is 4. The molecule has 22 N–H and O–H groups in total. The lowest BCUT2D eigenvalue weighted by molar-refractivity contribution is -0.143. The zero-order chi connectivity index (χ0) is 59.1. The van der Waals surface area contributed by atoms with E-state index in [1.54, 1.807) is 43.6 Å². The van der Waals surface area contributed by atoms with E-state index in [9.17, 15) is 73.5 Å². The van der Waals surface area contributed by atoms with Crippen molar-refractivity contribution in [3.8, 4) is 0 Å². The van der Waals surface area contributed by atoms with Gasteiger partial charge in [0, 0.05) is 52.9 Å². The number of para-hydroxylation sites is 2. The molecule has 9 atom stereocenters. The zero-order valence-corrected chi connectivity index (χ0v) is 44.3. The Hall–Kier alpha value is -8.36. The second-order valence-corrected chi connectivity index (χ2v) is 18.5. The summed E-state index contributed by atoms with van der Waals surface area (Å²) in [4.78, 5) is 142. The number of hydrogen-bond acceptors (Lipinski definition) is 17. The third kappa shape index (κ3) is 18.9. The minimum Gasteiger partial charge on any atom is -0.480 e. The van der Waals surface area contributed by atoms with E-state index in [0.717, 1.165) is 16.5 Å². The van der Waals surface area contributed by atoms with Crippen LogP contribution in [-0.4, -0.2) is 200 Å². The number of nitrogens with one attached hydrogen (secondary N) is 11. The lowest BCUT2D eigenvalue weighted by Gasteiger charge is -2.26. The quantitative estimate of drug-likeness (QED) is 0.00912. The molecule has 0 aliphatic heterocycles. The molecule has 0 spiro atoms. The standard InChI is InChI=1S/C49H69N15O15S/c1-2-29(58-40(70)28(50)14-24-16-54-30-10-5-3-8-26(24)30)41(71)56-18-39(69)57-33(15-25-17-55-31-11-6-4-9-27(25)31)43(73)60-35(20-66)45(75)61-36(21-67)46(76)64-38(23-80)47(77)62-34(19-65)44(74)59-32(12-7-13-53-49(51)52)42(72)63-37(22-68)48(78)79/h3-6,8-11,16-17,28-29,32-38,54-55,65-68,80H,2,7,12-15,18-23,50H2,1H3,(H,56,71)(H,57,69)(H,58,70)(H,59,74)(H,60,73)(H,61,75)(H,62,77)(H,63,72)(H,64,76)(H,78,79)(H4,51,52,53)/t28-,29-,32-,33-,34-,35-,36-,37-,38-/m0/s1. The third-order valence-corrected chi connectivity index (χ3v) is 12.7. The Balaban J connectivity index is 1.38. The van der Waals surface area contributed by atoms with Gasteiger partial charge in [-0.1, -0.05) is 43.3 Å². The topological polar surface area (TPSA) is 502 Å². The van der Waals surface area contributed by atoms with Crippen LogP contribution in [0.15, 0.2) is 65.9 Å². The van der Waals surface area contributed by atoms with Gasteiger partial charge in [-0.2, -0.15) is 12.6 Å². The van der Waals surface area contributed by atoms with Crippen molar-refractivity contribution in [2.45, 2.75) is 93.4 Å². The van der Waals surface area contributed by atoms with Gasteiger partial charge in [-0.3, -0.25) is 48.1 Å². The molecule has 0 aliphatic carbocycles. The fourth-order valence-electron chi connectivity index (χ4n) is 7.90. The lowest BCUT2D eigenvalue weighted by atomic mass is 10.0. The SMILES string of the molecule is CC[C@H](NC(=O)[C@@H](N)Cc1c[nH]c2ccccc12)C(=O)NCC(=O)N[C@@H](Cc1c[nH]c2ccccc12)C(=O)N[C@@H](CO)C(=O)N[C@@H](CO)C(=O)N[C@@H](CS)C(=O)N[C@@H](CO)C(=O)N[C@@H](CCCN=C(N)N)C(=O)N[C@@H](CO)C(=O)O. The number of guanidine groups is 1. The number of aliphatic imine (C=N–C) groups is 1. The Morgan fingerprint density at radius 2 is 0.975 bits per heavy atom. The molecule has 80 heavy (non-hydrogen) atoms. The summed E-state index contributed by atoms with van der Waals surface area (Å²) in [5.74, 6) is -11.3. The number of carboxylic acids is 1. The number of thiol groups is 1. The highest BCUT2D eigenvalue weighted by atomic mass is 32.1. The van der Waals surface area contributed by atoms with Gasteiger partial charge in [-0.25, -0.2) is 4.79 Å². The van der Waals surface area contributed by atoms with E-state index in [0.29, 0.717) is 16.5 Å². The monoisotopic (exact) mass is 1140 g/mol. The number of aliphatic carboxylic acids is 1. The van der Waals surface area contributed by atoms with E-state index in [-0.39, 0.29) is 44.6 Å². The summed E-state index contributed by atoms with van der Waals surface area (Å²) in [6.07, 6.45) is 3.29. The second kappa shape index (κ2) is 31.9. The predicted molar refractivity (Wildman–Crippen MR) is 290 cm³/mol. The Bertz CT molecular complexity index is 2840. The van der Waals surface area contributed by atoms with Crippen LogP contribution >= 0.6 is 12.6 Å². The summed E-state index contributed by atoms with van der Waals surface area (Å²) < 4.78 is 0. The number of fused-ring (bicyclic) bond motifs is 2. The predicted octanol–water partition coefficient (Wildman–Crippen LogP) is -6.80.